The summed E-state index contributed by atoms with van der Waals surface area (Å²) in [6, 6.07) is 11.5. The molecule has 0 aromatic heterocycles. The van der Waals surface area contributed by atoms with Crippen LogP contribution in [0.25, 0.3) is 0 Å². The Morgan fingerprint density at radius 2 is 1.57 bits per heavy atom. The van der Waals surface area contributed by atoms with E-state index in [4.69, 9.17) is 4.74 Å². The number of aromatic hydroxyl groups is 2. The van der Waals surface area contributed by atoms with Crippen molar-refractivity contribution in [2.24, 2.45) is 0 Å². The molecule has 3 rings (SSSR count). The van der Waals surface area contributed by atoms with Crippen molar-refractivity contribution in [3.63, 3.8) is 0 Å². The van der Waals surface area contributed by atoms with Gasteiger partial charge in [-0.05, 0) is 30.2 Å². The zero-order chi connectivity index (χ0) is 20.1. The highest BCUT2D eigenvalue weighted by Gasteiger charge is 2.25. The molecule has 0 radical (unpaired) electrons. The number of carbonyl (C=O) groups excluding carboxylic acids is 2. The Hall–Kier alpha value is -3.22. The Kier molecular flexibility index (Phi) is 6.03. The first kappa shape index (κ1) is 19.5. The van der Waals surface area contributed by atoms with Gasteiger partial charge in [0.15, 0.2) is 6.61 Å². The highest BCUT2D eigenvalue weighted by Crippen LogP contribution is 2.22. The highest BCUT2D eigenvalue weighted by molar-refractivity contribution is 5.95. The maximum atomic E-state index is 12.5. The van der Waals surface area contributed by atoms with Crippen LogP contribution in [-0.2, 0) is 11.2 Å². The summed E-state index contributed by atoms with van der Waals surface area (Å²) < 4.78 is 5.69. The van der Waals surface area contributed by atoms with E-state index in [9.17, 15) is 19.8 Å². The molecule has 2 aromatic carbocycles. The van der Waals surface area contributed by atoms with Gasteiger partial charge >= 0.3 is 0 Å². The van der Waals surface area contributed by atoms with E-state index in [-0.39, 0.29) is 35.5 Å². The summed E-state index contributed by atoms with van der Waals surface area (Å²) in [5.41, 5.74) is 1.27. The average Bonchev–Trinajstić information content (AvgIpc) is 2.71. The summed E-state index contributed by atoms with van der Waals surface area (Å²) in [6.07, 6.45) is 0.829. The number of nitrogens with zero attached hydrogens (tertiary/aromatic N) is 2. The minimum absolute atomic E-state index is 0.0363. The van der Waals surface area contributed by atoms with E-state index in [2.05, 4.69) is 0 Å². The van der Waals surface area contributed by atoms with E-state index < -0.39 is 0 Å². The lowest BCUT2D eigenvalue weighted by atomic mass is 10.1. The molecule has 7 nitrogen and oxygen atoms in total. The molecule has 2 N–H and O–H groups in total. The van der Waals surface area contributed by atoms with Gasteiger partial charge in [-0.15, -0.1) is 0 Å². The zero-order valence-corrected chi connectivity index (χ0v) is 15.8. The number of piperazine rings is 1. The second kappa shape index (κ2) is 8.65. The fraction of sp³-hybridized carbons (Fsp3) is 0.333. The van der Waals surface area contributed by atoms with Crippen molar-refractivity contribution in [3.8, 4) is 17.2 Å². The van der Waals surface area contributed by atoms with Crippen LogP contribution in [-0.4, -0.2) is 64.6 Å². The van der Waals surface area contributed by atoms with Gasteiger partial charge in [0.05, 0.1) is 0 Å². The number of amides is 2. The van der Waals surface area contributed by atoms with Gasteiger partial charge in [0.1, 0.15) is 17.2 Å². The summed E-state index contributed by atoms with van der Waals surface area (Å²) >= 11 is 0. The maximum Gasteiger partial charge on any atom is 0.260 e. The van der Waals surface area contributed by atoms with Crippen LogP contribution in [0.2, 0.25) is 0 Å². The minimum Gasteiger partial charge on any atom is -0.508 e. The molecule has 0 bridgehead atoms. The van der Waals surface area contributed by atoms with Crippen molar-refractivity contribution in [3.05, 3.63) is 53.6 Å². The molecule has 1 saturated heterocycles. The predicted molar refractivity (Wildman–Crippen MR) is 104 cm³/mol. The molecule has 1 aliphatic heterocycles. The van der Waals surface area contributed by atoms with E-state index in [1.807, 2.05) is 31.2 Å². The number of phenols is 2. The molecule has 148 valence electrons. The minimum atomic E-state index is -0.286. The van der Waals surface area contributed by atoms with Crippen LogP contribution in [0.4, 0.5) is 0 Å². The van der Waals surface area contributed by atoms with Gasteiger partial charge in [-0.25, -0.2) is 0 Å². The average molecular weight is 384 g/mol. The van der Waals surface area contributed by atoms with E-state index >= 15 is 0 Å². The monoisotopic (exact) mass is 384 g/mol. The summed E-state index contributed by atoms with van der Waals surface area (Å²) in [6.45, 7) is 3.58. The first-order valence-electron chi connectivity index (χ1n) is 9.28. The molecule has 1 fully saturated rings. The molecule has 2 amide bonds. The highest BCUT2D eigenvalue weighted by atomic mass is 16.5. The SMILES string of the molecule is CCc1ccccc1OCC(=O)N1CCN(C(=O)c2cc(O)cc(O)c2)CC1. The molecular formula is C21H24N2O5. The molecule has 1 aliphatic rings. The predicted octanol–water partition coefficient (Wildman–Crippen LogP) is 2.02. The largest absolute Gasteiger partial charge is 0.508 e. The first-order valence-corrected chi connectivity index (χ1v) is 9.28. The van der Waals surface area contributed by atoms with Crippen molar-refractivity contribution in [2.45, 2.75) is 13.3 Å². The van der Waals surface area contributed by atoms with Gasteiger partial charge in [-0.3, -0.25) is 9.59 Å². The third-order valence-corrected chi connectivity index (χ3v) is 4.77. The number of benzene rings is 2. The number of phenolic OH excluding ortho intramolecular Hbond substituents is 2. The number of carbonyl (C=O) groups is 2. The van der Waals surface area contributed by atoms with Crippen LogP contribution in [0.3, 0.4) is 0 Å². The number of aryl methyl sites for hydroxylation is 1. The lowest BCUT2D eigenvalue weighted by molar-refractivity contribution is -0.134. The van der Waals surface area contributed by atoms with Crippen LogP contribution in [0.15, 0.2) is 42.5 Å². The lowest BCUT2D eigenvalue weighted by Gasteiger charge is -2.34. The molecule has 0 aliphatic carbocycles. The fourth-order valence-corrected chi connectivity index (χ4v) is 3.23. The van der Waals surface area contributed by atoms with E-state index in [0.29, 0.717) is 26.2 Å². The Morgan fingerprint density at radius 3 is 2.21 bits per heavy atom. The van der Waals surface area contributed by atoms with Gasteiger partial charge in [-0.1, -0.05) is 25.1 Å². The molecule has 0 unspecified atom stereocenters. The van der Waals surface area contributed by atoms with Gasteiger partial charge in [0.25, 0.3) is 11.8 Å². The first-order chi connectivity index (χ1) is 13.5. The molecule has 1 heterocycles. The number of ether oxygens (including phenoxy) is 1. The van der Waals surface area contributed by atoms with Crippen LogP contribution >= 0.6 is 0 Å². The summed E-state index contributed by atoms with van der Waals surface area (Å²) in [5, 5.41) is 19.1. The van der Waals surface area contributed by atoms with Gasteiger partial charge < -0.3 is 24.7 Å². The molecule has 2 aromatic rings. The van der Waals surface area contributed by atoms with Crippen molar-refractivity contribution in [2.75, 3.05) is 32.8 Å². The Morgan fingerprint density at radius 1 is 0.964 bits per heavy atom. The standard InChI is InChI=1S/C21H24N2O5/c1-2-15-5-3-4-6-19(15)28-14-20(26)22-7-9-23(10-8-22)21(27)16-11-17(24)13-18(25)12-16/h3-6,11-13,24-25H,2,7-10,14H2,1H3. The Balaban J connectivity index is 1.53. The number of rotatable bonds is 5. The zero-order valence-electron chi connectivity index (χ0n) is 15.8. The number of para-hydroxylation sites is 1. The third-order valence-electron chi connectivity index (χ3n) is 4.77. The smallest absolute Gasteiger partial charge is 0.260 e. The van der Waals surface area contributed by atoms with Crippen LogP contribution in [0.1, 0.15) is 22.8 Å². The molecule has 7 heteroatoms. The van der Waals surface area contributed by atoms with Crippen LogP contribution in [0.5, 0.6) is 17.2 Å². The number of hydrogen-bond acceptors (Lipinski definition) is 5. The quantitative estimate of drug-likeness (QED) is 0.823. The summed E-state index contributed by atoms with van der Waals surface area (Å²) in [5.74, 6) is -0.0152. The summed E-state index contributed by atoms with van der Waals surface area (Å²) in [7, 11) is 0. The third kappa shape index (κ3) is 4.54. The normalized spacial score (nSPS) is 14.0. The number of hydrogen-bond donors (Lipinski definition) is 2. The van der Waals surface area contributed by atoms with Crippen molar-refractivity contribution < 1.29 is 24.5 Å². The summed E-state index contributed by atoms with van der Waals surface area (Å²) in [4.78, 5) is 28.3. The maximum absolute atomic E-state index is 12.5. The lowest BCUT2D eigenvalue weighted by Crippen LogP contribution is -2.51. The van der Waals surface area contributed by atoms with Gasteiger partial charge in [0.2, 0.25) is 0 Å². The second-order valence-corrected chi connectivity index (χ2v) is 6.66. The van der Waals surface area contributed by atoms with Crippen molar-refractivity contribution in [1.29, 1.82) is 0 Å². The second-order valence-electron chi connectivity index (χ2n) is 6.66. The van der Waals surface area contributed by atoms with E-state index in [0.717, 1.165) is 17.7 Å². The molecule has 0 spiro atoms. The molecule has 0 atom stereocenters. The van der Waals surface area contributed by atoms with Gasteiger partial charge in [0, 0.05) is 37.8 Å². The molecular weight excluding hydrogens is 360 g/mol. The fourth-order valence-electron chi connectivity index (χ4n) is 3.23. The van der Waals surface area contributed by atoms with E-state index in [1.165, 1.54) is 18.2 Å². The van der Waals surface area contributed by atoms with Crippen LogP contribution in [0, 0.1) is 0 Å². The topological polar surface area (TPSA) is 90.3 Å². The van der Waals surface area contributed by atoms with Crippen molar-refractivity contribution in [1.82, 2.24) is 9.80 Å². The Bertz CT molecular complexity index is 839. The van der Waals surface area contributed by atoms with Gasteiger partial charge in [-0.2, -0.15) is 0 Å². The van der Waals surface area contributed by atoms with Crippen LogP contribution < -0.4 is 4.74 Å². The Labute approximate surface area is 163 Å². The molecule has 0 saturated carbocycles. The van der Waals surface area contributed by atoms with Crippen molar-refractivity contribution >= 4 is 11.8 Å². The van der Waals surface area contributed by atoms with E-state index in [1.54, 1.807) is 9.80 Å². The molecule has 28 heavy (non-hydrogen) atoms.